The molecule has 1 aromatic heterocycles. The van der Waals surface area contributed by atoms with Crippen molar-refractivity contribution in [3.05, 3.63) is 52.0 Å². The van der Waals surface area contributed by atoms with Crippen LogP contribution in [-0.4, -0.2) is 136 Å². The third-order valence-corrected chi connectivity index (χ3v) is 13.1. The molecule has 0 saturated heterocycles. The maximum atomic E-state index is 14.6. The maximum Gasteiger partial charge on any atom is 0.306 e. The fourth-order valence-corrected chi connectivity index (χ4v) is 8.70. The summed E-state index contributed by atoms with van der Waals surface area (Å²) >= 11 is 1.09. The number of benzene rings is 1. The predicted octanol–water partition coefficient (Wildman–Crippen LogP) is 1.92. The summed E-state index contributed by atoms with van der Waals surface area (Å²) in [6.07, 6.45) is 8.44. The van der Waals surface area contributed by atoms with Crippen LogP contribution in [0.1, 0.15) is 116 Å². The molecular weight excluding hydrogens is 963 g/mol. The molecule has 398 valence electrons. The molecule has 2 aromatic rings. The first-order valence-corrected chi connectivity index (χ1v) is 24.7. The third kappa shape index (κ3) is 19.0. The van der Waals surface area contributed by atoms with Crippen LogP contribution in [0.3, 0.4) is 0 Å². The highest BCUT2D eigenvalue weighted by molar-refractivity contribution is 7.09. The predicted molar refractivity (Wildman–Crippen MR) is 271 cm³/mol. The molecule has 0 radical (unpaired) electrons. The van der Waals surface area contributed by atoms with Gasteiger partial charge in [0.15, 0.2) is 12.3 Å². The van der Waals surface area contributed by atoms with Gasteiger partial charge in [0.2, 0.25) is 23.6 Å². The van der Waals surface area contributed by atoms with Crippen molar-refractivity contribution < 1.29 is 57.8 Å². The molecule has 0 bridgehead atoms. The quantitative estimate of drug-likeness (QED) is 0.0383. The summed E-state index contributed by atoms with van der Waals surface area (Å²) in [5.41, 5.74) is 0.940. The summed E-state index contributed by atoms with van der Waals surface area (Å²) in [4.78, 5) is 137. The Labute approximate surface area is 431 Å². The fraction of sp³-hybridized carbons (Fsp3) is 0.549. The maximum absolute atomic E-state index is 14.6. The van der Waals surface area contributed by atoms with E-state index < -0.39 is 125 Å². The van der Waals surface area contributed by atoms with Gasteiger partial charge in [-0.05, 0) is 61.8 Å². The first kappa shape index (κ1) is 61.8. The first-order chi connectivity index (χ1) is 34.2. The van der Waals surface area contributed by atoms with E-state index in [1.807, 2.05) is 51.1 Å². The van der Waals surface area contributed by atoms with Crippen molar-refractivity contribution in [2.45, 2.75) is 143 Å². The molecule has 0 spiro atoms. The van der Waals surface area contributed by atoms with Crippen LogP contribution in [-0.2, 0) is 54.3 Å². The highest BCUT2D eigenvalue weighted by Crippen LogP contribution is 2.31. The van der Waals surface area contributed by atoms with Gasteiger partial charge in [0.25, 0.3) is 23.6 Å². The summed E-state index contributed by atoms with van der Waals surface area (Å²) in [5.74, 6) is -6.41. The van der Waals surface area contributed by atoms with Crippen LogP contribution < -0.4 is 31.9 Å². The van der Waals surface area contributed by atoms with E-state index in [2.05, 4.69) is 36.9 Å². The fourth-order valence-electron chi connectivity index (χ4n) is 7.86. The van der Waals surface area contributed by atoms with Crippen molar-refractivity contribution in [3.63, 3.8) is 0 Å². The van der Waals surface area contributed by atoms with Crippen LogP contribution in [0.4, 0.5) is 0 Å². The Bertz CT molecular complexity index is 2350. The summed E-state index contributed by atoms with van der Waals surface area (Å²) in [6, 6.07) is 3.38. The van der Waals surface area contributed by atoms with E-state index in [1.165, 1.54) is 38.1 Å². The largest absolute Gasteiger partial charge is 0.481 e. The number of carbonyl (C=O) groups excluding carboxylic acids is 9. The Balaban J connectivity index is 2.32. The van der Waals surface area contributed by atoms with Crippen LogP contribution in [0.2, 0.25) is 0 Å². The number of aliphatic carboxylic acids is 1. The smallest absolute Gasteiger partial charge is 0.306 e. The van der Waals surface area contributed by atoms with E-state index in [0.717, 1.165) is 21.8 Å². The minimum Gasteiger partial charge on any atom is -0.481 e. The number of nitrogens with zero attached hydrogens (tertiary/aromatic N) is 3. The number of aromatic nitrogens is 1. The van der Waals surface area contributed by atoms with Crippen molar-refractivity contribution in [1.82, 2.24) is 46.7 Å². The minimum absolute atomic E-state index is 0.0365. The number of ether oxygens (including phenoxy) is 1. The normalized spacial score (nSPS) is 14.7. The van der Waals surface area contributed by atoms with Crippen LogP contribution >= 0.6 is 11.3 Å². The van der Waals surface area contributed by atoms with E-state index in [-0.39, 0.29) is 24.5 Å². The molecule has 3 unspecified atom stereocenters. The molecule has 0 saturated carbocycles. The van der Waals surface area contributed by atoms with Crippen LogP contribution in [0.15, 0.2) is 35.7 Å². The van der Waals surface area contributed by atoms with Crippen molar-refractivity contribution in [2.75, 3.05) is 14.1 Å². The lowest BCUT2D eigenvalue weighted by Crippen LogP contribution is -2.61. The lowest BCUT2D eigenvalue weighted by molar-refractivity contribution is -0.149. The zero-order valence-corrected chi connectivity index (χ0v) is 44.4. The minimum atomic E-state index is -1.73. The number of nitrogens with one attached hydrogen (secondary N) is 6. The number of terminal acetylenes is 2. The van der Waals surface area contributed by atoms with Crippen molar-refractivity contribution in [2.24, 2.45) is 23.7 Å². The number of esters is 1. The topological polar surface area (TPSA) is 292 Å². The number of carboxylic acid groups (broad SMARTS) is 1. The molecule has 21 nitrogen and oxygen atoms in total. The SMILES string of the molecule is C#CC(=O)NC(NC(=O)C#C)C(=O)N[C@@H](C)C(=O)N[C@@H](C)C(=O)N(C)C(C(=O)N[C@H](C(=O)N(C)C(C[C@@H](OC(C)=O)c1nc(C(=O)N[C@@H](Cc2ccccc2)CC(C)C(=O)O)cs1)C(C)C)[C@@H](C)CC)C(C)C. The first-order valence-electron chi connectivity index (χ1n) is 23.9. The van der Waals surface area contributed by atoms with Gasteiger partial charge < -0.3 is 51.5 Å². The molecule has 7 N–H and O–H groups in total. The Morgan fingerprint density at radius 1 is 0.726 bits per heavy atom. The van der Waals surface area contributed by atoms with Crippen molar-refractivity contribution in [1.29, 1.82) is 0 Å². The standard InChI is InChI=1S/C51H71N9O12S/c1-15-29(8)41(58-46(66)42(28(6)7)60(14)49(68)32(11)53-44(64)31(10)52-47(67)43(56-39(62)16-2)57-40(63)17-3)50(69)59(13)37(27(4)5)25-38(72-33(12)61)48-55-36(26-73-48)45(65)54-35(23-30(9)51(70)71)24-34-21-19-18-20-22-34/h2-3,18-22,26-32,35,37-38,41-43H,15,23-25H2,1,4-14H3,(H,52,67)(H,53,64)(H,54,65)(H,56,62)(H,57,63)(H,58,66)(H,70,71)/t29-,30?,31-,32-,35+,37?,38+,41-,42?/m0/s1. The number of hydrogen-bond acceptors (Lipinski definition) is 13. The molecule has 73 heavy (non-hydrogen) atoms. The van der Waals surface area contributed by atoms with Gasteiger partial charge in [-0.2, -0.15) is 0 Å². The molecule has 0 aliphatic carbocycles. The van der Waals surface area contributed by atoms with E-state index in [4.69, 9.17) is 17.6 Å². The molecule has 22 heteroatoms. The molecule has 0 aliphatic heterocycles. The van der Waals surface area contributed by atoms with Gasteiger partial charge >= 0.3 is 11.9 Å². The van der Waals surface area contributed by atoms with Crippen molar-refractivity contribution in [3.8, 4) is 24.7 Å². The van der Waals surface area contributed by atoms with E-state index >= 15 is 0 Å². The number of carboxylic acids is 1. The summed E-state index contributed by atoms with van der Waals surface area (Å²) < 4.78 is 5.78. The highest BCUT2D eigenvalue weighted by Gasteiger charge is 2.39. The Hall–Kier alpha value is -7.33. The molecule has 1 aromatic carbocycles. The molecule has 9 atom stereocenters. The summed E-state index contributed by atoms with van der Waals surface area (Å²) in [5, 5.41) is 26.1. The number of rotatable bonds is 27. The van der Waals surface area contributed by atoms with Crippen LogP contribution in [0.25, 0.3) is 0 Å². The molecule has 2 rings (SSSR count). The Morgan fingerprint density at radius 2 is 1.30 bits per heavy atom. The monoisotopic (exact) mass is 1030 g/mol. The molecule has 0 aliphatic rings. The second-order valence-electron chi connectivity index (χ2n) is 18.6. The second kappa shape index (κ2) is 29.3. The number of amides is 8. The highest BCUT2D eigenvalue weighted by atomic mass is 32.1. The van der Waals surface area contributed by atoms with Gasteiger partial charge in [-0.3, -0.25) is 47.9 Å². The van der Waals surface area contributed by atoms with Gasteiger partial charge in [-0.25, -0.2) is 4.98 Å². The third-order valence-electron chi connectivity index (χ3n) is 12.1. The lowest BCUT2D eigenvalue weighted by Gasteiger charge is -2.38. The Morgan fingerprint density at radius 3 is 1.81 bits per heavy atom. The van der Waals surface area contributed by atoms with E-state index in [1.54, 1.807) is 46.6 Å². The van der Waals surface area contributed by atoms with Gasteiger partial charge in [0, 0.05) is 44.9 Å². The van der Waals surface area contributed by atoms with Gasteiger partial charge in [0.1, 0.15) is 34.9 Å². The zero-order chi connectivity index (χ0) is 55.4. The average Bonchev–Trinajstić information content (AvgIpc) is 3.84. The van der Waals surface area contributed by atoms with Crippen LogP contribution in [0.5, 0.6) is 0 Å². The molecule has 8 amide bonds. The number of hydrogen-bond donors (Lipinski definition) is 7. The van der Waals surface area contributed by atoms with E-state index in [0.29, 0.717) is 17.8 Å². The lowest BCUT2D eigenvalue weighted by atomic mass is 9.92. The summed E-state index contributed by atoms with van der Waals surface area (Å²) in [6.45, 7) is 16.3. The van der Waals surface area contributed by atoms with E-state index in [9.17, 15) is 53.1 Å². The van der Waals surface area contributed by atoms with Crippen molar-refractivity contribution >= 4 is 70.5 Å². The molecule has 0 fully saturated rings. The number of carbonyl (C=O) groups is 10. The van der Waals surface area contributed by atoms with Crippen LogP contribution in [0, 0.1) is 48.4 Å². The number of likely N-dealkylation sites (N-methyl/N-ethyl adjacent to an activating group) is 2. The van der Waals surface area contributed by atoms with Gasteiger partial charge in [0.05, 0.1) is 5.92 Å². The second-order valence-corrected chi connectivity index (χ2v) is 19.5. The number of thiazole rings is 1. The summed E-state index contributed by atoms with van der Waals surface area (Å²) in [7, 11) is 2.95. The Kier molecular flexibility index (Phi) is 24.8. The van der Waals surface area contributed by atoms with Gasteiger partial charge in [-0.1, -0.05) is 85.2 Å². The zero-order valence-electron chi connectivity index (χ0n) is 43.6. The average molecular weight is 1030 g/mol. The molecule has 1 heterocycles. The molecular formula is C51H71N9O12S. The van der Waals surface area contributed by atoms with Gasteiger partial charge in [-0.15, -0.1) is 24.2 Å².